The number of hydrogen-bond donors (Lipinski definition) is 10. The third-order valence-corrected chi connectivity index (χ3v) is 21.2. The summed E-state index contributed by atoms with van der Waals surface area (Å²) in [5.74, 6) is 0.411. The second-order valence-corrected chi connectivity index (χ2v) is 28.7. The Morgan fingerprint density at radius 1 is 0.366 bits per heavy atom. The Morgan fingerprint density at radius 2 is 0.589 bits per heavy atom. The van der Waals surface area contributed by atoms with E-state index >= 15 is 0 Å². The van der Waals surface area contributed by atoms with E-state index in [1.54, 1.807) is 28.4 Å². The maximum atomic E-state index is 11.0. The first-order chi connectivity index (χ1) is 52.7. The molecular formula is C88H152N7NaO16. The van der Waals surface area contributed by atoms with E-state index in [9.17, 15) is 20.1 Å². The summed E-state index contributed by atoms with van der Waals surface area (Å²) in [6.07, 6.45) is 13.2. The van der Waals surface area contributed by atoms with Crippen molar-refractivity contribution in [3.8, 4) is 0 Å². The van der Waals surface area contributed by atoms with Gasteiger partial charge >= 0.3 is 29.6 Å². The molecule has 9 fully saturated rings. The van der Waals surface area contributed by atoms with Crippen molar-refractivity contribution in [3.05, 3.63) is 179 Å². The number of epoxide rings is 2. The molecular weight excluding hydrogens is 1430 g/mol. The molecule has 0 saturated carbocycles. The molecule has 9 saturated heterocycles. The minimum Gasteiger partial charge on any atom is -0.857 e. The summed E-state index contributed by atoms with van der Waals surface area (Å²) in [4.78, 5) is 23.2. The summed E-state index contributed by atoms with van der Waals surface area (Å²) in [6, 6.07) is 52.8. The Balaban J connectivity index is 0. The van der Waals surface area contributed by atoms with Gasteiger partial charge in [-0.3, -0.25) is 29.3 Å². The average molecular weight is 1590 g/mol. The van der Waals surface area contributed by atoms with Gasteiger partial charge in [0.05, 0.1) is 73.2 Å². The summed E-state index contributed by atoms with van der Waals surface area (Å²) in [5, 5.41) is 80.9. The minimum atomic E-state index is -0.609. The molecule has 0 aliphatic carbocycles. The normalized spacial score (nSPS) is 19.6. The average Bonchev–Trinajstić information content (AvgIpc) is 1.65. The number of aliphatic hydroxyl groups excluding tert-OH is 6. The van der Waals surface area contributed by atoms with Crippen molar-refractivity contribution in [2.24, 2.45) is 0 Å². The van der Waals surface area contributed by atoms with Gasteiger partial charge in [-0.25, -0.2) is 0 Å². The number of hydrogen-bond acceptors (Lipinski definition) is 23. The maximum Gasteiger partial charge on any atom is 1.00 e. The number of Topliss-reactive ketones (excluding diaryl/α,β-unsaturated/α-hetero) is 1. The molecule has 23 nitrogen and oxygen atoms in total. The first-order valence-corrected chi connectivity index (χ1v) is 38.6. The third-order valence-electron chi connectivity index (χ3n) is 21.2. The van der Waals surface area contributed by atoms with E-state index in [0.717, 1.165) is 211 Å². The molecule has 9 heterocycles. The number of likely N-dealkylation sites (tertiary alicyclic amines) is 5. The van der Waals surface area contributed by atoms with Crippen molar-refractivity contribution < 1.29 is 109 Å². The van der Waals surface area contributed by atoms with Crippen molar-refractivity contribution in [2.75, 3.05) is 195 Å². The van der Waals surface area contributed by atoms with E-state index in [-0.39, 0.29) is 76.3 Å². The molecule has 10 N–H and O–H groups in total. The molecule has 0 bridgehead atoms. The number of aliphatic hydroxyl groups is 8. The van der Waals surface area contributed by atoms with Crippen molar-refractivity contribution in [3.63, 3.8) is 0 Å². The zero-order valence-electron chi connectivity index (χ0n) is 68.1. The van der Waals surface area contributed by atoms with E-state index in [1.165, 1.54) is 79.7 Å². The molecule has 9 aliphatic heterocycles. The van der Waals surface area contributed by atoms with Crippen molar-refractivity contribution >= 4 is 5.78 Å². The smallest absolute Gasteiger partial charge is 0.857 e. The number of ketones is 1. The number of carbonyl (C=O) groups excluding carboxylic acids is 1. The number of rotatable bonds is 18. The molecule has 14 rings (SSSR count). The molecule has 112 heavy (non-hydrogen) atoms. The van der Waals surface area contributed by atoms with Crippen molar-refractivity contribution in [2.45, 2.75) is 179 Å². The Kier molecular flexibility index (Phi) is 62.8. The van der Waals surface area contributed by atoms with E-state index in [2.05, 4.69) is 169 Å². The molecule has 0 atom stereocenters. The summed E-state index contributed by atoms with van der Waals surface area (Å²) in [7, 11) is 11.4. The predicted molar refractivity (Wildman–Crippen MR) is 447 cm³/mol. The van der Waals surface area contributed by atoms with Crippen LogP contribution in [0, 0.1) is 0 Å². The Labute approximate surface area is 698 Å². The quantitative estimate of drug-likeness (QED) is 0.0403. The number of nitrogens with one attached hydrogen (secondary N) is 2. The van der Waals surface area contributed by atoms with Crippen molar-refractivity contribution in [1.82, 2.24) is 35.1 Å². The fraction of sp³-hybridized carbons (Fsp3) is 0.648. The number of carbonyl (C=O) groups is 1. The van der Waals surface area contributed by atoms with Crippen LogP contribution >= 0.6 is 0 Å². The first-order valence-electron chi connectivity index (χ1n) is 38.6. The van der Waals surface area contributed by atoms with Gasteiger partial charge in [0.15, 0.2) is 0 Å². The van der Waals surface area contributed by atoms with Gasteiger partial charge in [-0.15, -0.1) is 0 Å². The van der Waals surface area contributed by atoms with E-state index in [1.807, 2.05) is 18.2 Å². The van der Waals surface area contributed by atoms with Gasteiger partial charge in [0.2, 0.25) is 0 Å². The topological polar surface area (TPSA) is 304 Å². The van der Waals surface area contributed by atoms with Crippen LogP contribution in [-0.4, -0.2) is 300 Å². The molecule has 24 heteroatoms. The van der Waals surface area contributed by atoms with Crippen LogP contribution in [0.2, 0.25) is 0 Å². The predicted octanol–water partition coefficient (Wildman–Crippen LogP) is 5.09. The molecule has 2 spiro atoms. The zero-order chi connectivity index (χ0) is 79.3. The number of methoxy groups -OCH3 is 4. The van der Waals surface area contributed by atoms with E-state index in [0.29, 0.717) is 30.2 Å². The van der Waals surface area contributed by atoms with Crippen LogP contribution in [0.5, 0.6) is 0 Å². The van der Waals surface area contributed by atoms with Crippen LogP contribution in [0.4, 0.5) is 0 Å². The fourth-order valence-electron chi connectivity index (χ4n) is 13.9. The SMILES string of the molecule is C.C.C.CO.CO.CO.CO.COC1(CO)CCN(Cc2ccccc2)CC1.COC1(CO)CCNCC1.COCC1(O)CCN(Cc2ccccc2)CC1.COCC1(O)CCNCC1.C[O-].O=C1CCN(Cc2ccccc2)CC1.[Na+].c1ccc(CN2CCC3(CC2)CO3)cc1.c1ccc(CN2CCC3(CC2)CO3)cc1. The molecule has 0 aromatic heterocycles. The van der Waals surface area contributed by atoms with Crippen LogP contribution in [-0.2, 0) is 65.9 Å². The third kappa shape index (κ3) is 43.4. The molecule has 5 aromatic rings. The molecule has 0 unspecified atom stereocenters. The second-order valence-electron chi connectivity index (χ2n) is 28.7. The van der Waals surface area contributed by atoms with Crippen LogP contribution < -0.4 is 45.3 Å². The van der Waals surface area contributed by atoms with Gasteiger partial charge in [0, 0.05) is 168 Å². The zero-order valence-corrected chi connectivity index (χ0v) is 70.1. The van der Waals surface area contributed by atoms with Crippen LogP contribution in [0.15, 0.2) is 152 Å². The minimum absolute atomic E-state index is 0. The molecule has 0 radical (unpaired) electrons. The number of piperidine rings is 7. The monoisotopic (exact) mass is 1590 g/mol. The van der Waals surface area contributed by atoms with Gasteiger partial charge in [0.25, 0.3) is 0 Å². The molecule has 636 valence electrons. The van der Waals surface area contributed by atoms with Gasteiger partial charge in [0.1, 0.15) is 5.78 Å². The van der Waals surface area contributed by atoms with Gasteiger partial charge < -0.3 is 85.0 Å². The largest absolute Gasteiger partial charge is 1.00 e. The maximum absolute atomic E-state index is 11.0. The second kappa shape index (κ2) is 64.0. The Bertz CT molecular complexity index is 2810. The summed E-state index contributed by atoms with van der Waals surface area (Å²) < 4.78 is 31.7. The van der Waals surface area contributed by atoms with Crippen LogP contribution in [0.25, 0.3) is 0 Å². The Hall–Kier alpha value is -4.11. The summed E-state index contributed by atoms with van der Waals surface area (Å²) in [5.41, 5.74) is 5.78. The summed E-state index contributed by atoms with van der Waals surface area (Å²) in [6.45, 7) is 22.5. The number of benzene rings is 5. The van der Waals surface area contributed by atoms with Gasteiger partial charge in [-0.2, -0.15) is 7.11 Å². The summed E-state index contributed by atoms with van der Waals surface area (Å²) >= 11 is 0. The molecule has 0 amide bonds. The van der Waals surface area contributed by atoms with Crippen molar-refractivity contribution in [1.29, 1.82) is 0 Å². The number of nitrogens with zero attached hydrogens (tertiary/aromatic N) is 5. The molecule has 9 aliphatic rings. The fourth-order valence-corrected chi connectivity index (χ4v) is 13.9. The van der Waals surface area contributed by atoms with Gasteiger partial charge in [-0.1, -0.05) is 174 Å². The van der Waals surface area contributed by atoms with E-state index < -0.39 is 11.2 Å². The van der Waals surface area contributed by atoms with E-state index in [4.69, 9.17) is 59.1 Å². The molecule has 5 aromatic carbocycles. The standard InChI is InChI=1S/2C14H21NO2.2C13H17NO.C12H15NO.2C7H15NO2.4CH4O.CH3O.3CH4.Na/c1-17-12-14(16)7-9-15(10-8-14)11-13-5-3-2-4-6-13;1-17-14(12-16)7-9-15(10-8-14)11-13-5-3-2-4-6-13;2*1-2-4-12(5-3-1)10-14-8-6-13(7-9-14)11-15-13;14-12-6-8-13(9-7-12)10-11-4-2-1-3-5-11;1-10-6-7(9)2-4-8-5-3-7;1-10-7(6-9)2-4-8-5-3-7;5*1-2;;;;/h2*2-6,16H,7-12H2,1H3;2*1-5H,6-11H2;1-5H,6-10H2;2*8-9H,2-6H2,1H3;4*2H,1H3;1H3;3*1H4;/q;;;;;;;;;;;-1;;;;+1. The first kappa shape index (κ1) is 110. The van der Waals surface area contributed by atoms with Crippen LogP contribution in [0.3, 0.4) is 0 Å². The van der Waals surface area contributed by atoms with Crippen LogP contribution in [0.1, 0.15) is 140 Å². The van der Waals surface area contributed by atoms with Gasteiger partial charge in [-0.05, 0) is 131 Å². The number of ether oxygens (including phenoxy) is 6. The Morgan fingerprint density at radius 3 is 0.821 bits per heavy atom.